The number of carbonyl (C=O) groups excluding carboxylic acids is 2. The Hall–Kier alpha value is -1.70. The van der Waals surface area contributed by atoms with Gasteiger partial charge in [0.2, 0.25) is 0 Å². The number of rotatable bonds is 3. The quantitative estimate of drug-likeness (QED) is 0.692. The summed E-state index contributed by atoms with van der Waals surface area (Å²) in [6, 6.07) is 5.65. The third-order valence-corrected chi connectivity index (χ3v) is 8.28. The number of imide groups is 1. The molecule has 0 unspecified atom stereocenters. The highest BCUT2D eigenvalue weighted by atomic mass is 35.5. The first kappa shape index (κ1) is 20.2. The minimum atomic E-state index is -0.645. The Morgan fingerprint density at radius 2 is 1.87 bits per heavy atom. The molecule has 1 spiro atoms. The van der Waals surface area contributed by atoms with Gasteiger partial charge in [0.05, 0.1) is 21.9 Å². The van der Waals surface area contributed by atoms with Crippen molar-refractivity contribution < 1.29 is 9.59 Å². The van der Waals surface area contributed by atoms with Crippen LogP contribution in [0.4, 0.5) is 4.79 Å². The topological polar surface area (TPSA) is 65.5 Å². The molecule has 3 aliphatic rings. The molecule has 160 valence electrons. The number of fused-ring (bicyclic) bond motifs is 1. The number of thiazole rings is 1. The number of urea groups is 1. The molecular weight excluding hydrogens is 420 g/mol. The molecular formula is C22H27ClN4O2S. The number of carbonyl (C=O) groups is 2. The van der Waals surface area contributed by atoms with Crippen molar-refractivity contribution in [1.82, 2.24) is 20.1 Å². The molecule has 8 heteroatoms. The van der Waals surface area contributed by atoms with E-state index in [4.69, 9.17) is 16.6 Å². The molecule has 1 saturated carbocycles. The number of benzene rings is 1. The first-order valence-electron chi connectivity index (χ1n) is 11.0. The number of aromatic nitrogens is 1. The van der Waals surface area contributed by atoms with Crippen molar-refractivity contribution in [2.45, 2.75) is 62.8 Å². The normalized spacial score (nSPS) is 23.3. The van der Waals surface area contributed by atoms with Crippen molar-refractivity contribution in [2.24, 2.45) is 0 Å². The summed E-state index contributed by atoms with van der Waals surface area (Å²) in [5, 5.41) is 4.93. The van der Waals surface area contributed by atoms with Crippen molar-refractivity contribution in [3.8, 4) is 0 Å². The number of nitrogens with one attached hydrogen (secondary N) is 1. The predicted octanol–water partition coefficient (Wildman–Crippen LogP) is 4.73. The molecule has 3 heterocycles. The molecule has 2 saturated heterocycles. The lowest BCUT2D eigenvalue weighted by Gasteiger charge is -2.33. The van der Waals surface area contributed by atoms with Crippen LogP contribution in [0, 0.1) is 0 Å². The summed E-state index contributed by atoms with van der Waals surface area (Å²) < 4.78 is 1.17. The number of likely N-dealkylation sites (tertiary alicyclic amines) is 1. The van der Waals surface area contributed by atoms with Gasteiger partial charge in [-0.3, -0.25) is 9.69 Å². The van der Waals surface area contributed by atoms with Crippen molar-refractivity contribution in [1.29, 1.82) is 0 Å². The smallest absolute Gasteiger partial charge is 0.323 e. The van der Waals surface area contributed by atoms with E-state index < -0.39 is 5.54 Å². The summed E-state index contributed by atoms with van der Waals surface area (Å²) in [5.74, 6) is 0.410. The van der Waals surface area contributed by atoms with Crippen LogP contribution in [0.15, 0.2) is 18.2 Å². The Kier molecular flexibility index (Phi) is 5.45. The van der Waals surface area contributed by atoms with Crippen LogP contribution in [0.25, 0.3) is 10.2 Å². The van der Waals surface area contributed by atoms with Gasteiger partial charge in [-0.25, -0.2) is 14.7 Å². The molecule has 1 aromatic carbocycles. The second-order valence-corrected chi connectivity index (χ2v) is 10.4. The number of hydrogen-bond donors (Lipinski definition) is 1. The highest BCUT2D eigenvalue weighted by Gasteiger charge is 2.51. The summed E-state index contributed by atoms with van der Waals surface area (Å²) in [6.45, 7) is 2.13. The van der Waals surface area contributed by atoms with Crippen molar-refractivity contribution in [3.05, 3.63) is 28.2 Å². The second-order valence-electron chi connectivity index (χ2n) is 8.86. The van der Waals surface area contributed by atoms with Gasteiger partial charge < -0.3 is 5.32 Å². The highest BCUT2D eigenvalue weighted by Crippen LogP contribution is 2.36. The van der Waals surface area contributed by atoms with Crippen LogP contribution < -0.4 is 5.32 Å². The fourth-order valence-electron chi connectivity index (χ4n) is 5.09. The van der Waals surface area contributed by atoms with Crippen LogP contribution in [0.1, 0.15) is 62.3 Å². The van der Waals surface area contributed by atoms with E-state index in [2.05, 4.69) is 10.2 Å². The molecule has 2 aliphatic heterocycles. The monoisotopic (exact) mass is 446 g/mol. The Bertz CT molecular complexity index is 961. The lowest BCUT2D eigenvalue weighted by atomic mass is 9.90. The number of hydrogen-bond acceptors (Lipinski definition) is 5. The fraction of sp³-hybridized carbons (Fsp3) is 0.591. The van der Waals surface area contributed by atoms with E-state index in [1.807, 2.05) is 18.2 Å². The summed E-state index contributed by atoms with van der Waals surface area (Å²) in [5.41, 5.74) is 0.326. The molecule has 2 aromatic rings. The Labute approximate surface area is 185 Å². The van der Waals surface area contributed by atoms with Gasteiger partial charge in [-0.2, -0.15) is 0 Å². The van der Waals surface area contributed by atoms with E-state index in [9.17, 15) is 9.59 Å². The van der Waals surface area contributed by atoms with Gasteiger partial charge >= 0.3 is 6.03 Å². The summed E-state index contributed by atoms with van der Waals surface area (Å²) in [6.07, 6.45) is 7.85. The fourth-order valence-corrected chi connectivity index (χ4v) is 6.37. The average molecular weight is 447 g/mol. The molecule has 5 rings (SSSR count). The lowest BCUT2D eigenvalue weighted by Crippen LogP contribution is -2.48. The second kappa shape index (κ2) is 8.09. The molecule has 1 N–H and O–H groups in total. The molecule has 6 nitrogen and oxygen atoms in total. The van der Waals surface area contributed by atoms with Gasteiger partial charge in [0.25, 0.3) is 5.91 Å². The van der Waals surface area contributed by atoms with Crippen LogP contribution >= 0.6 is 22.9 Å². The van der Waals surface area contributed by atoms with E-state index in [-0.39, 0.29) is 11.9 Å². The van der Waals surface area contributed by atoms with Crippen LogP contribution in [-0.4, -0.2) is 52.0 Å². The van der Waals surface area contributed by atoms with Gasteiger partial charge in [0.15, 0.2) is 0 Å². The first-order chi connectivity index (χ1) is 14.5. The number of halogens is 1. The molecule has 1 aliphatic carbocycles. The third kappa shape index (κ3) is 3.72. The zero-order valence-electron chi connectivity index (χ0n) is 17.0. The Morgan fingerprint density at radius 3 is 2.60 bits per heavy atom. The van der Waals surface area contributed by atoms with E-state index in [1.165, 1.54) is 14.6 Å². The minimum Gasteiger partial charge on any atom is -0.323 e. The summed E-state index contributed by atoms with van der Waals surface area (Å²) in [4.78, 5) is 34.2. The molecule has 0 atom stereocenters. The standard InChI is InChI=1S/C22H27ClN4O2S/c23-16-5-6-18-17(13-16)24-19(30-18)15-7-11-26(12-8-15)14-27-20(28)22(25-21(27)29)9-3-1-2-4-10-22/h5-6,13,15H,1-4,7-12,14H2,(H,25,29). The third-order valence-electron chi connectivity index (χ3n) is 6.85. The van der Waals surface area contributed by atoms with E-state index >= 15 is 0 Å². The molecule has 30 heavy (non-hydrogen) atoms. The van der Waals surface area contributed by atoms with Gasteiger partial charge in [-0.15, -0.1) is 11.3 Å². The Morgan fingerprint density at radius 1 is 1.13 bits per heavy atom. The average Bonchev–Trinajstić information content (AvgIpc) is 3.14. The van der Waals surface area contributed by atoms with E-state index in [0.29, 0.717) is 17.6 Å². The van der Waals surface area contributed by atoms with Gasteiger partial charge in [0, 0.05) is 24.0 Å². The minimum absolute atomic E-state index is 0.0143. The summed E-state index contributed by atoms with van der Waals surface area (Å²) >= 11 is 7.84. The molecule has 3 amide bonds. The molecule has 3 fully saturated rings. The van der Waals surface area contributed by atoms with Gasteiger partial charge in [-0.05, 0) is 43.9 Å². The van der Waals surface area contributed by atoms with E-state index in [0.717, 1.165) is 70.0 Å². The number of piperidine rings is 1. The van der Waals surface area contributed by atoms with Crippen LogP contribution in [0.2, 0.25) is 5.02 Å². The predicted molar refractivity (Wildman–Crippen MR) is 119 cm³/mol. The van der Waals surface area contributed by atoms with Gasteiger partial charge in [-0.1, -0.05) is 37.3 Å². The molecule has 0 bridgehead atoms. The van der Waals surface area contributed by atoms with Crippen LogP contribution in [0.3, 0.4) is 0 Å². The summed E-state index contributed by atoms with van der Waals surface area (Å²) in [7, 11) is 0. The first-order valence-corrected chi connectivity index (χ1v) is 12.2. The van der Waals surface area contributed by atoms with Gasteiger partial charge in [0.1, 0.15) is 5.54 Å². The maximum atomic E-state index is 13.1. The van der Waals surface area contributed by atoms with Crippen LogP contribution in [0.5, 0.6) is 0 Å². The van der Waals surface area contributed by atoms with Crippen molar-refractivity contribution >= 4 is 45.1 Å². The maximum Gasteiger partial charge on any atom is 0.326 e. The lowest BCUT2D eigenvalue weighted by molar-refractivity contribution is -0.133. The molecule has 0 radical (unpaired) electrons. The van der Waals surface area contributed by atoms with E-state index in [1.54, 1.807) is 11.3 Å². The largest absolute Gasteiger partial charge is 0.326 e. The van der Waals surface area contributed by atoms with Crippen molar-refractivity contribution in [3.63, 3.8) is 0 Å². The zero-order chi connectivity index (χ0) is 20.7. The maximum absolute atomic E-state index is 13.1. The Balaban J connectivity index is 1.21. The van der Waals surface area contributed by atoms with Crippen LogP contribution in [-0.2, 0) is 4.79 Å². The van der Waals surface area contributed by atoms with Crippen molar-refractivity contribution in [2.75, 3.05) is 19.8 Å². The number of amides is 3. The zero-order valence-corrected chi connectivity index (χ0v) is 18.6. The number of nitrogens with zero attached hydrogens (tertiary/aromatic N) is 3. The SMILES string of the molecule is O=C1NC2(CCCCCC2)C(=O)N1CN1CCC(c2nc3cc(Cl)ccc3s2)CC1. The highest BCUT2D eigenvalue weighted by molar-refractivity contribution is 7.18. The molecule has 1 aromatic heterocycles.